The second kappa shape index (κ2) is 3.40. The lowest BCUT2D eigenvalue weighted by atomic mass is 10.1. The van der Waals surface area contributed by atoms with Crippen LogP contribution in [0.15, 0.2) is 12.7 Å². The highest BCUT2D eigenvalue weighted by molar-refractivity contribution is 5.79. The van der Waals surface area contributed by atoms with E-state index in [-0.39, 0.29) is 18.9 Å². The summed E-state index contributed by atoms with van der Waals surface area (Å²) in [6, 6.07) is 0. The van der Waals surface area contributed by atoms with Gasteiger partial charge in [0.05, 0.1) is 0 Å². The van der Waals surface area contributed by atoms with Crippen molar-refractivity contribution in [1.82, 2.24) is 4.90 Å². The molecule has 74 valence electrons. The number of rotatable bonds is 2. The number of amides is 1. The molecule has 1 aliphatic heterocycles. The molecule has 1 saturated heterocycles. The Morgan fingerprint density at radius 1 is 1.62 bits per heavy atom. The van der Waals surface area contributed by atoms with Crippen molar-refractivity contribution < 1.29 is 18.0 Å². The van der Waals surface area contributed by atoms with E-state index in [4.69, 9.17) is 0 Å². The van der Waals surface area contributed by atoms with Crippen LogP contribution < -0.4 is 0 Å². The third-order valence-corrected chi connectivity index (χ3v) is 1.95. The van der Waals surface area contributed by atoms with Crippen LogP contribution in [0.5, 0.6) is 0 Å². The molecule has 0 aromatic heterocycles. The number of hydrogen-bond acceptors (Lipinski definition) is 1. The highest BCUT2D eigenvalue weighted by Gasteiger charge is 2.37. The smallest absolute Gasteiger partial charge is 0.333 e. The Kier molecular flexibility index (Phi) is 2.63. The third kappa shape index (κ3) is 2.75. The maximum Gasteiger partial charge on any atom is 0.406 e. The van der Waals surface area contributed by atoms with E-state index in [0.717, 1.165) is 4.90 Å². The number of halogens is 3. The van der Waals surface area contributed by atoms with Crippen molar-refractivity contribution in [1.29, 1.82) is 0 Å². The fourth-order valence-electron chi connectivity index (χ4n) is 1.33. The van der Waals surface area contributed by atoms with Crippen LogP contribution in [0.25, 0.3) is 0 Å². The maximum absolute atomic E-state index is 11.9. The van der Waals surface area contributed by atoms with Crippen LogP contribution in [0, 0.1) is 5.92 Å². The molecule has 5 heteroatoms. The summed E-state index contributed by atoms with van der Waals surface area (Å²) in [6.07, 6.45) is -2.63. The van der Waals surface area contributed by atoms with Gasteiger partial charge in [-0.05, 0) is 0 Å². The molecule has 1 amide bonds. The molecule has 2 nitrogen and oxygen atoms in total. The summed E-state index contributed by atoms with van der Waals surface area (Å²) >= 11 is 0. The molecular weight excluding hydrogens is 183 g/mol. The minimum absolute atomic E-state index is 0.130. The molecule has 1 fully saturated rings. The predicted octanol–water partition coefficient (Wildman–Crippen LogP) is 1.58. The molecule has 0 N–H and O–H groups in total. The summed E-state index contributed by atoms with van der Waals surface area (Å²) < 4.78 is 35.7. The quantitative estimate of drug-likeness (QED) is 0.610. The molecule has 13 heavy (non-hydrogen) atoms. The second-order valence-corrected chi connectivity index (χ2v) is 3.09. The molecule has 0 radical (unpaired) electrons. The molecule has 0 spiro atoms. The average Bonchev–Trinajstić information content (AvgIpc) is 2.29. The number of nitrogens with zero attached hydrogens (tertiary/aromatic N) is 1. The Labute approximate surface area is 74.0 Å². The van der Waals surface area contributed by atoms with Crippen molar-refractivity contribution in [3.05, 3.63) is 12.7 Å². The van der Waals surface area contributed by atoms with E-state index in [2.05, 4.69) is 6.58 Å². The average molecular weight is 193 g/mol. The first-order valence-corrected chi connectivity index (χ1v) is 3.89. The van der Waals surface area contributed by atoms with Crippen LogP contribution in [0.2, 0.25) is 0 Å². The van der Waals surface area contributed by atoms with Crippen LogP contribution >= 0.6 is 0 Å². The van der Waals surface area contributed by atoms with Gasteiger partial charge in [0, 0.05) is 18.9 Å². The Bertz CT molecular complexity index is 224. The zero-order valence-electron chi connectivity index (χ0n) is 6.97. The Morgan fingerprint density at radius 3 is 2.62 bits per heavy atom. The number of likely N-dealkylation sites (tertiary alicyclic amines) is 1. The van der Waals surface area contributed by atoms with E-state index in [0.29, 0.717) is 0 Å². The van der Waals surface area contributed by atoms with E-state index < -0.39 is 18.6 Å². The lowest BCUT2D eigenvalue weighted by Crippen LogP contribution is -2.35. The van der Waals surface area contributed by atoms with Gasteiger partial charge in [0.15, 0.2) is 0 Å². The van der Waals surface area contributed by atoms with Crippen LogP contribution in [0.4, 0.5) is 13.2 Å². The van der Waals surface area contributed by atoms with Crippen molar-refractivity contribution in [3.63, 3.8) is 0 Å². The van der Waals surface area contributed by atoms with Gasteiger partial charge in [-0.2, -0.15) is 13.2 Å². The van der Waals surface area contributed by atoms with Gasteiger partial charge in [0.1, 0.15) is 6.54 Å². The fourth-order valence-corrected chi connectivity index (χ4v) is 1.33. The zero-order chi connectivity index (χ0) is 10.1. The summed E-state index contributed by atoms with van der Waals surface area (Å²) in [5.41, 5.74) is 0. The van der Waals surface area contributed by atoms with E-state index in [1.165, 1.54) is 6.08 Å². The molecule has 1 rings (SSSR count). The van der Waals surface area contributed by atoms with Gasteiger partial charge in [-0.15, -0.1) is 6.58 Å². The standard InChI is InChI=1S/C8H10F3NO/c1-2-6-3-7(13)12(4-6)5-8(9,10)11/h2,6H,1,3-5H2. The lowest BCUT2D eigenvalue weighted by molar-refractivity contribution is -0.157. The first kappa shape index (κ1) is 10.1. The highest BCUT2D eigenvalue weighted by atomic mass is 19.4. The number of hydrogen-bond donors (Lipinski definition) is 0. The predicted molar refractivity (Wildman–Crippen MR) is 40.9 cm³/mol. The SMILES string of the molecule is C=CC1CC(=O)N(CC(F)(F)F)C1. The molecule has 0 aliphatic carbocycles. The Balaban J connectivity index is 2.53. The van der Waals surface area contributed by atoms with E-state index >= 15 is 0 Å². The molecule has 1 unspecified atom stereocenters. The molecule has 0 aromatic rings. The van der Waals surface area contributed by atoms with Gasteiger partial charge in [-0.3, -0.25) is 4.79 Å². The van der Waals surface area contributed by atoms with E-state index in [9.17, 15) is 18.0 Å². The number of carbonyl (C=O) groups is 1. The largest absolute Gasteiger partial charge is 0.406 e. The molecule has 1 aliphatic rings. The first-order chi connectivity index (χ1) is 5.92. The summed E-state index contributed by atoms with van der Waals surface area (Å²) in [5.74, 6) is -0.572. The maximum atomic E-state index is 11.9. The minimum Gasteiger partial charge on any atom is -0.333 e. The fraction of sp³-hybridized carbons (Fsp3) is 0.625. The topological polar surface area (TPSA) is 20.3 Å². The molecular formula is C8H10F3NO. The summed E-state index contributed by atoms with van der Waals surface area (Å²) in [4.78, 5) is 11.8. The minimum atomic E-state index is -4.30. The third-order valence-electron chi connectivity index (χ3n) is 1.95. The van der Waals surface area contributed by atoms with Gasteiger partial charge >= 0.3 is 6.18 Å². The van der Waals surface area contributed by atoms with Crippen molar-refractivity contribution in [3.8, 4) is 0 Å². The number of carbonyl (C=O) groups excluding carboxylic acids is 1. The Hall–Kier alpha value is -1.00. The molecule has 0 saturated carbocycles. The normalized spacial score (nSPS) is 23.8. The second-order valence-electron chi connectivity index (χ2n) is 3.09. The highest BCUT2D eigenvalue weighted by Crippen LogP contribution is 2.23. The van der Waals surface area contributed by atoms with Crippen LogP contribution in [-0.2, 0) is 4.79 Å². The summed E-state index contributed by atoms with van der Waals surface area (Å²) in [6.45, 7) is 2.45. The monoisotopic (exact) mass is 193 g/mol. The van der Waals surface area contributed by atoms with Crippen LogP contribution in [0.1, 0.15) is 6.42 Å². The van der Waals surface area contributed by atoms with E-state index in [1.54, 1.807) is 0 Å². The van der Waals surface area contributed by atoms with Crippen molar-refractivity contribution in [2.45, 2.75) is 12.6 Å². The van der Waals surface area contributed by atoms with Gasteiger partial charge in [0.25, 0.3) is 0 Å². The molecule has 0 bridgehead atoms. The summed E-state index contributed by atoms with van der Waals surface area (Å²) in [5, 5.41) is 0. The lowest BCUT2D eigenvalue weighted by Gasteiger charge is -2.17. The van der Waals surface area contributed by atoms with Crippen LogP contribution in [-0.4, -0.2) is 30.1 Å². The molecule has 1 heterocycles. The molecule has 1 atom stereocenters. The van der Waals surface area contributed by atoms with E-state index in [1.807, 2.05) is 0 Å². The Morgan fingerprint density at radius 2 is 2.23 bits per heavy atom. The van der Waals surface area contributed by atoms with Gasteiger partial charge in [0.2, 0.25) is 5.91 Å². The van der Waals surface area contributed by atoms with Crippen molar-refractivity contribution in [2.24, 2.45) is 5.92 Å². The number of alkyl halides is 3. The van der Waals surface area contributed by atoms with Crippen molar-refractivity contribution >= 4 is 5.91 Å². The first-order valence-electron chi connectivity index (χ1n) is 3.89. The van der Waals surface area contributed by atoms with Gasteiger partial charge in [-0.25, -0.2) is 0 Å². The van der Waals surface area contributed by atoms with Gasteiger partial charge < -0.3 is 4.90 Å². The summed E-state index contributed by atoms with van der Waals surface area (Å²) in [7, 11) is 0. The zero-order valence-corrected chi connectivity index (χ0v) is 6.97. The van der Waals surface area contributed by atoms with Crippen LogP contribution in [0.3, 0.4) is 0 Å². The van der Waals surface area contributed by atoms with Gasteiger partial charge in [-0.1, -0.05) is 6.08 Å². The molecule has 0 aromatic carbocycles. The van der Waals surface area contributed by atoms with Crippen molar-refractivity contribution in [2.75, 3.05) is 13.1 Å².